The molecule has 1 aliphatic heterocycles. The fraction of sp³-hybridized carbons (Fsp3) is 0.429. The molecule has 1 heterocycles. The summed E-state index contributed by atoms with van der Waals surface area (Å²) in [6.07, 6.45) is 0.324. The molecule has 1 aromatic carbocycles. The second kappa shape index (κ2) is 6.22. The van der Waals surface area contributed by atoms with E-state index in [1.807, 2.05) is 30.3 Å². The van der Waals surface area contributed by atoms with Gasteiger partial charge in [-0.2, -0.15) is 0 Å². The molecule has 0 bridgehead atoms. The van der Waals surface area contributed by atoms with Crippen LogP contribution in [0.5, 0.6) is 0 Å². The minimum atomic E-state index is -0.813. The first-order chi connectivity index (χ1) is 9.15. The number of rotatable bonds is 5. The van der Waals surface area contributed by atoms with Crippen LogP contribution in [0.1, 0.15) is 18.4 Å². The van der Waals surface area contributed by atoms with Crippen molar-refractivity contribution in [3.63, 3.8) is 0 Å². The maximum absolute atomic E-state index is 11.7. The quantitative estimate of drug-likeness (QED) is 0.883. The van der Waals surface area contributed by atoms with Crippen LogP contribution >= 0.6 is 0 Å². The van der Waals surface area contributed by atoms with Gasteiger partial charge in [-0.3, -0.25) is 4.79 Å². The van der Waals surface area contributed by atoms with Gasteiger partial charge in [0.25, 0.3) is 0 Å². The summed E-state index contributed by atoms with van der Waals surface area (Å²) in [5.41, 5.74) is 1.04. The minimum Gasteiger partial charge on any atom is -0.481 e. The molecule has 5 nitrogen and oxygen atoms in total. The lowest BCUT2D eigenvalue weighted by atomic mass is 10.0. The first-order valence-corrected chi connectivity index (χ1v) is 6.32. The molecule has 2 rings (SSSR count). The summed E-state index contributed by atoms with van der Waals surface area (Å²) in [4.78, 5) is 23.9. The van der Waals surface area contributed by atoms with E-state index in [1.165, 1.54) is 0 Å². The zero-order chi connectivity index (χ0) is 13.7. The fourth-order valence-electron chi connectivity index (χ4n) is 2.15. The molecule has 1 aromatic rings. The third-order valence-electron chi connectivity index (χ3n) is 3.16. The summed E-state index contributed by atoms with van der Waals surface area (Å²) in [5.74, 6) is -0.718. The van der Waals surface area contributed by atoms with E-state index < -0.39 is 5.97 Å². The Morgan fingerprint density at radius 2 is 2.11 bits per heavy atom. The van der Waals surface area contributed by atoms with Crippen LogP contribution in [0.25, 0.3) is 0 Å². The Kier molecular flexibility index (Phi) is 4.39. The first-order valence-electron chi connectivity index (χ1n) is 6.32. The Labute approximate surface area is 111 Å². The number of hydrogen-bond acceptors (Lipinski definition) is 3. The predicted molar refractivity (Wildman–Crippen MR) is 68.6 cm³/mol. The number of aliphatic carboxylic acids is 1. The van der Waals surface area contributed by atoms with Crippen molar-refractivity contribution in [2.24, 2.45) is 5.92 Å². The number of nitrogens with zero attached hydrogens (tertiary/aromatic N) is 1. The lowest BCUT2D eigenvalue weighted by molar-refractivity contribution is -0.137. The van der Waals surface area contributed by atoms with Crippen molar-refractivity contribution in [3.05, 3.63) is 35.9 Å². The van der Waals surface area contributed by atoms with Crippen molar-refractivity contribution in [2.75, 3.05) is 13.2 Å². The second-order valence-electron chi connectivity index (χ2n) is 4.74. The first kappa shape index (κ1) is 13.4. The van der Waals surface area contributed by atoms with E-state index >= 15 is 0 Å². The maximum Gasteiger partial charge on any atom is 0.410 e. The van der Waals surface area contributed by atoms with E-state index in [1.54, 1.807) is 4.90 Å². The van der Waals surface area contributed by atoms with Gasteiger partial charge in [0.15, 0.2) is 0 Å². The fourth-order valence-corrected chi connectivity index (χ4v) is 2.15. The Balaban J connectivity index is 1.91. The van der Waals surface area contributed by atoms with Gasteiger partial charge >= 0.3 is 12.1 Å². The molecule has 19 heavy (non-hydrogen) atoms. The van der Waals surface area contributed by atoms with Crippen molar-refractivity contribution < 1.29 is 19.4 Å². The van der Waals surface area contributed by atoms with Crippen LogP contribution < -0.4 is 0 Å². The van der Waals surface area contributed by atoms with E-state index in [0.29, 0.717) is 26.1 Å². The van der Waals surface area contributed by atoms with Crippen molar-refractivity contribution in [3.8, 4) is 0 Å². The molecule has 0 spiro atoms. The smallest absolute Gasteiger partial charge is 0.410 e. The number of hydrogen-bond donors (Lipinski definition) is 1. The van der Waals surface area contributed by atoms with Crippen LogP contribution in [-0.4, -0.2) is 35.2 Å². The average molecular weight is 263 g/mol. The summed E-state index contributed by atoms with van der Waals surface area (Å²) >= 11 is 0. The summed E-state index contributed by atoms with van der Waals surface area (Å²) in [7, 11) is 0. The number of ether oxygens (including phenoxy) is 1. The van der Waals surface area contributed by atoms with Gasteiger partial charge in [0.05, 0.1) is 6.61 Å². The summed E-state index contributed by atoms with van der Waals surface area (Å²) < 4.78 is 5.10. The molecular formula is C14H17NO4. The monoisotopic (exact) mass is 263 g/mol. The standard InChI is InChI=1S/C14H17NO4/c16-13(17)7-6-12-9-15(14(18)19-10-12)8-11-4-2-1-3-5-11/h1-5,12H,6-10H2,(H,16,17). The van der Waals surface area contributed by atoms with Gasteiger partial charge < -0.3 is 14.7 Å². The molecule has 5 heteroatoms. The lowest BCUT2D eigenvalue weighted by Gasteiger charge is -2.32. The third kappa shape index (κ3) is 3.98. The summed E-state index contributed by atoms with van der Waals surface area (Å²) in [5, 5.41) is 8.68. The number of benzene rings is 1. The van der Waals surface area contributed by atoms with Gasteiger partial charge in [0.1, 0.15) is 0 Å². The molecule has 1 saturated heterocycles. The van der Waals surface area contributed by atoms with Gasteiger partial charge in [-0.05, 0) is 12.0 Å². The highest BCUT2D eigenvalue weighted by Crippen LogP contribution is 2.18. The lowest BCUT2D eigenvalue weighted by Crippen LogP contribution is -2.42. The van der Waals surface area contributed by atoms with Crippen LogP contribution in [0.15, 0.2) is 30.3 Å². The highest BCUT2D eigenvalue weighted by Gasteiger charge is 2.27. The summed E-state index contributed by atoms with van der Waals surface area (Å²) in [6, 6.07) is 9.68. The molecule has 1 amide bonds. The van der Waals surface area contributed by atoms with Crippen molar-refractivity contribution in [1.82, 2.24) is 4.90 Å². The van der Waals surface area contributed by atoms with Gasteiger partial charge in [-0.15, -0.1) is 0 Å². The number of carboxylic acid groups (broad SMARTS) is 1. The number of carboxylic acids is 1. The molecule has 102 valence electrons. The van der Waals surface area contributed by atoms with Gasteiger partial charge in [0, 0.05) is 25.4 Å². The normalized spacial score (nSPS) is 19.1. The highest BCUT2D eigenvalue weighted by molar-refractivity contribution is 5.68. The van der Waals surface area contributed by atoms with E-state index in [4.69, 9.17) is 9.84 Å². The number of carbonyl (C=O) groups excluding carboxylic acids is 1. The van der Waals surface area contributed by atoms with Gasteiger partial charge in [-0.1, -0.05) is 30.3 Å². The zero-order valence-electron chi connectivity index (χ0n) is 10.6. The Hall–Kier alpha value is -2.04. The second-order valence-corrected chi connectivity index (χ2v) is 4.74. The predicted octanol–water partition coefficient (Wildman–Crippen LogP) is 2.12. The molecule has 0 saturated carbocycles. The van der Waals surface area contributed by atoms with Crippen molar-refractivity contribution in [2.45, 2.75) is 19.4 Å². The van der Waals surface area contributed by atoms with Crippen LogP contribution in [0.2, 0.25) is 0 Å². The molecule has 0 aromatic heterocycles. The number of cyclic esters (lactones) is 1. The van der Waals surface area contributed by atoms with Crippen molar-refractivity contribution >= 4 is 12.1 Å². The van der Waals surface area contributed by atoms with Crippen molar-refractivity contribution in [1.29, 1.82) is 0 Å². The third-order valence-corrected chi connectivity index (χ3v) is 3.16. The molecule has 1 unspecified atom stereocenters. The Bertz CT molecular complexity index is 446. The van der Waals surface area contributed by atoms with E-state index in [2.05, 4.69) is 0 Å². The summed E-state index contributed by atoms with van der Waals surface area (Å²) in [6.45, 7) is 1.38. The molecule has 1 fully saturated rings. The molecule has 0 aliphatic carbocycles. The van der Waals surface area contributed by atoms with Crippen LogP contribution in [0.3, 0.4) is 0 Å². The SMILES string of the molecule is O=C(O)CCC1COC(=O)N(Cc2ccccc2)C1. The topological polar surface area (TPSA) is 66.8 Å². The van der Waals surface area contributed by atoms with Crippen LogP contribution in [0.4, 0.5) is 4.79 Å². The van der Waals surface area contributed by atoms with E-state index in [0.717, 1.165) is 5.56 Å². The molecule has 1 aliphatic rings. The highest BCUT2D eigenvalue weighted by atomic mass is 16.6. The van der Waals surface area contributed by atoms with E-state index in [9.17, 15) is 9.59 Å². The van der Waals surface area contributed by atoms with Gasteiger partial charge in [0.2, 0.25) is 0 Å². The molecule has 1 atom stereocenters. The molecule has 0 radical (unpaired) electrons. The van der Waals surface area contributed by atoms with Crippen LogP contribution in [0, 0.1) is 5.92 Å². The number of carbonyl (C=O) groups is 2. The Morgan fingerprint density at radius 1 is 1.37 bits per heavy atom. The minimum absolute atomic E-state index is 0.0949. The molecular weight excluding hydrogens is 246 g/mol. The molecule has 1 N–H and O–H groups in total. The number of amides is 1. The van der Waals surface area contributed by atoms with Crippen LogP contribution in [-0.2, 0) is 16.1 Å². The largest absolute Gasteiger partial charge is 0.481 e. The maximum atomic E-state index is 11.7. The van der Waals surface area contributed by atoms with Gasteiger partial charge in [-0.25, -0.2) is 4.79 Å². The zero-order valence-corrected chi connectivity index (χ0v) is 10.6. The van der Waals surface area contributed by atoms with E-state index in [-0.39, 0.29) is 18.4 Å². The average Bonchev–Trinajstić information content (AvgIpc) is 2.41. The Morgan fingerprint density at radius 3 is 2.79 bits per heavy atom.